The zero-order valence-electron chi connectivity index (χ0n) is 8.78. The lowest BCUT2D eigenvalue weighted by molar-refractivity contribution is -0.137. The number of hydrogen-bond donors (Lipinski definition) is 0. The molecule has 2 rings (SSSR count). The molecule has 6 heteroatoms. The predicted molar refractivity (Wildman–Crippen MR) is 52.8 cm³/mol. The summed E-state index contributed by atoms with van der Waals surface area (Å²) in [7, 11) is 0. The number of nitrogens with zero attached hydrogens (tertiary/aromatic N) is 1. The molecule has 1 aromatic carbocycles. The molecule has 1 aromatic heterocycles. The lowest BCUT2D eigenvalue weighted by atomic mass is 10.2. The van der Waals surface area contributed by atoms with Crippen molar-refractivity contribution in [3.63, 3.8) is 0 Å². The van der Waals surface area contributed by atoms with E-state index in [-0.39, 0.29) is 11.6 Å². The highest BCUT2D eigenvalue weighted by molar-refractivity contribution is 5.31. The van der Waals surface area contributed by atoms with Crippen LogP contribution in [0.3, 0.4) is 0 Å². The van der Waals surface area contributed by atoms with Crippen molar-refractivity contribution in [2.45, 2.75) is 13.1 Å². The van der Waals surface area contributed by atoms with Crippen LogP contribution < -0.4 is 4.74 Å². The zero-order chi connectivity index (χ0) is 12.5. The predicted octanol–water partition coefficient (Wildman–Crippen LogP) is 3.79. The van der Waals surface area contributed by atoms with Gasteiger partial charge in [0.15, 0.2) is 0 Å². The third-order valence-electron chi connectivity index (χ3n) is 2.01. The molecule has 17 heavy (non-hydrogen) atoms. The molecule has 0 aliphatic heterocycles. The van der Waals surface area contributed by atoms with Crippen LogP contribution in [-0.4, -0.2) is 5.16 Å². The first-order chi connectivity index (χ1) is 7.95. The Bertz CT molecular complexity index is 502. The molecule has 0 saturated carbocycles. The van der Waals surface area contributed by atoms with Gasteiger partial charge in [-0.05, 0) is 36.3 Å². The van der Waals surface area contributed by atoms with Crippen molar-refractivity contribution in [3.8, 4) is 11.6 Å². The first-order valence-electron chi connectivity index (χ1n) is 4.73. The number of halogens is 3. The van der Waals surface area contributed by atoms with Gasteiger partial charge in [0.05, 0.1) is 5.56 Å². The van der Waals surface area contributed by atoms with E-state index in [1.54, 1.807) is 6.92 Å². The fourth-order valence-electron chi connectivity index (χ4n) is 1.22. The van der Waals surface area contributed by atoms with Crippen LogP contribution in [0.15, 0.2) is 34.9 Å². The Morgan fingerprint density at radius 1 is 1.18 bits per heavy atom. The van der Waals surface area contributed by atoms with E-state index in [2.05, 4.69) is 5.16 Å². The summed E-state index contributed by atoms with van der Waals surface area (Å²) in [5.41, 5.74) is -0.721. The highest BCUT2D eigenvalue weighted by Gasteiger charge is 2.30. The maximum Gasteiger partial charge on any atom is 0.416 e. The second-order valence-corrected chi connectivity index (χ2v) is 3.40. The summed E-state index contributed by atoms with van der Waals surface area (Å²) in [6.45, 7) is 1.69. The minimum atomic E-state index is -4.34. The summed E-state index contributed by atoms with van der Waals surface area (Å²) >= 11 is 0. The van der Waals surface area contributed by atoms with Crippen LogP contribution in [0.25, 0.3) is 0 Å². The Morgan fingerprint density at radius 2 is 1.82 bits per heavy atom. The van der Waals surface area contributed by atoms with Crippen molar-refractivity contribution in [3.05, 3.63) is 41.7 Å². The third-order valence-corrected chi connectivity index (χ3v) is 2.01. The normalized spacial score (nSPS) is 11.5. The average molecular weight is 243 g/mol. The van der Waals surface area contributed by atoms with E-state index in [0.29, 0.717) is 5.76 Å². The second-order valence-electron chi connectivity index (χ2n) is 3.40. The zero-order valence-corrected chi connectivity index (χ0v) is 8.78. The van der Waals surface area contributed by atoms with Crippen molar-refractivity contribution < 1.29 is 22.4 Å². The van der Waals surface area contributed by atoms with Crippen molar-refractivity contribution in [1.29, 1.82) is 0 Å². The monoisotopic (exact) mass is 243 g/mol. The van der Waals surface area contributed by atoms with Crippen LogP contribution in [0, 0.1) is 6.92 Å². The third kappa shape index (κ3) is 2.77. The number of benzene rings is 1. The summed E-state index contributed by atoms with van der Waals surface area (Å²) in [4.78, 5) is 0. The summed E-state index contributed by atoms with van der Waals surface area (Å²) in [6, 6.07) is 5.89. The van der Waals surface area contributed by atoms with Crippen LogP contribution in [0.2, 0.25) is 0 Å². The molecule has 0 amide bonds. The molecule has 3 nitrogen and oxygen atoms in total. The second kappa shape index (κ2) is 4.12. The van der Waals surface area contributed by atoms with Gasteiger partial charge in [0, 0.05) is 6.07 Å². The van der Waals surface area contributed by atoms with Gasteiger partial charge in [-0.15, -0.1) is 0 Å². The molecule has 2 aromatic rings. The van der Waals surface area contributed by atoms with Crippen LogP contribution in [-0.2, 0) is 6.18 Å². The summed E-state index contributed by atoms with van der Waals surface area (Å²) in [6.07, 6.45) is -4.34. The fraction of sp³-hybridized carbons (Fsp3) is 0.182. The molecule has 0 spiro atoms. The minimum Gasteiger partial charge on any atom is -0.436 e. The van der Waals surface area contributed by atoms with Gasteiger partial charge in [-0.1, -0.05) is 0 Å². The summed E-state index contributed by atoms with van der Waals surface area (Å²) in [5, 5.41) is 3.56. The van der Waals surface area contributed by atoms with E-state index in [4.69, 9.17) is 9.26 Å². The molecular weight excluding hydrogens is 235 g/mol. The summed E-state index contributed by atoms with van der Waals surface area (Å²) < 4.78 is 46.8. The van der Waals surface area contributed by atoms with E-state index in [9.17, 15) is 13.2 Å². The van der Waals surface area contributed by atoms with Crippen LogP contribution >= 0.6 is 0 Å². The first-order valence-corrected chi connectivity index (χ1v) is 4.73. The molecule has 90 valence electrons. The number of ether oxygens (including phenoxy) is 1. The Labute approximate surface area is 94.8 Å². The van der Waals surface area contributed by atoms with E-state index >= 15 is 0 Å². The van der Waals surface area contributed by atoms with Gasteiger partial charge in [0.1, 0.15) is 11.5 Å². The molecule has 0 aliphatic rings. The number of alkyl halides is 3. The van der Waals surface area contributed by atoms with Gasteiger partial charge in [-0.2, -0.15) is 13.2 Å². The lowest BCUT2D eigenvalue weighted by Crippen LogP contribution is -2.03. The lowest BCUT2D eigenvalue weighted by Gasteiger charge is -2.07. The van der Waals surface area contributed by atoms with Crippen molar-refractivity contribution >= 4 is 0 Å². The van der Waals surface area contributed by atoms with Gasteiger partial charge in [0.25, 0.3) is 5.88 Å². The first kappa shape index (κ1) is 11.5. The SMILES string of the molecule is Cc1cc(Oc2ccc(C(F)(F)F)cc2)no1. The van der Waals surface area contributed by atoms with Gasteiger partial charge in [-0.25, -0.2) is 0 Å². The maximum absolute atomic E-state index is 12.3. The Kier molecular flexibility index (Phi) is 2.79. The van der Waals surface area contributed by atoms with Gasteiger partial charge in [0.2, 0.25) is 0 Å². The van der Waals surface area contributed by atoms with Crippen molar-refractivity contribution in [2.24, 2.45) is 0 Å². The average Bonchev–Trinajstić information content (AvgIpc) is 2.63. The Hall–Kier alpha value is -1.98. The molecule has 0 unspecified atom stereocenters. The molecule has 0 atom stereocenters. The number of hydrogen-bond acceptors (Lipinski definition) is 3. The molecule has 0 bridgehead atoms. The van der Waals surface area contributed by atoms with Crippen molar-refractivity contribution in [1.82, 2.24) is 5.16 Å². The standard InChI is InChI=1S/C11H8F3NO2/c1-7-6-10(15-17-7)16-9-4-2-8(3-5-9)11(12,13)14/h2-6H,1H3. The van der Waals surface area contributed by atoms with Gasteiger partial charge >= 0.3 is 6.18 Å². The van der Waals surface area contributed by atoms with E-state index in [1.165, 1.54) is 18.2 Å². The van der Waals surface area contributed by atoms with Gasteiger partial charge < -0.3 is 9.26 Å². The molecule has 1 heterocycles. The van der Waals surface area contributed by atoms with Crippen LogP contribution in [0.4, 0.5) is 13.2 Å². The van der Waals surface area contributed by atoms with Crippen LogP contribution in [0.5, 0.6) is 11.6 Å². The quantitative estimate of drug-likeness (QED) is 0.804. The maximum atomic E-state index is 12.3. The van der Waals surface area contributed by atoms with E-state index in [1.807, 2.05) is 0 Å². The number of aryl methyl sites for hydroxylation is 1. The molecular formula is C11H8F3NO2. The number of aromatic nitrogens is 1. The van der Waals surface area contributed by atoms with E-state index < -0.39 is 11.7 Å². The molecule has 0 N–H and O–H groups in total. The molecule has 0 saturated heterocycles. The molecule has 0 fully saturated rings. The van der Waals surface area contributed by atoms with Gasteiger partial charge in [-0.3, -0.25) is 0 Å². The Morgan fingerprint density at radius 3 is 2.29 bits per heavy atom. The highest BCUT2D eigenvalue weighted by Crippen LogP contribution is 2.31. The van der Waals surface area contributed by atoms with Crippen molar-refractivity contribution in [2.75, 3.05) is 0 Å². The number of rotatable bonds is 2. The highest BCUT2D eigenvalue weighted by atomic mass is 19.4. The fourth-order valence-corrected chi connectivity index (χ4v) is 1.22. The Balaban J connectivity index is 2.13. The molecule has 0 aliphatic carbocycles. The topological polar surface area (TPSA) is 35.3 Å². The van der Waals surface area contributed by atoms with E-state index in [0.717, 1.165) is 12.1 Å². The molecule has 0 radical (unpaired) electrons. The summed E-state index contributed by atoms with van der Waals surface area (Å²) in [5.74, 6) is 1.04. The largest absolute Gasteiger partial charge is 0.436 e. The smallest absolute Gasteiger partial charge is 0.416 e. The van der Waals surface area contributed by atoms with Crippen LogP contribution in [0.1, 0.15) is 11.3 Å². The minimum absolute atomic E-state index is 0.210.